The number of carbonyl (C=O) groups is 1. The van der Waals surface area contributed by atoms with E-state index in [-0.39, 0.29) is 12.1 Å². The van der Waals surface area contributed by atoms with Gasteiger partial charge >= 0.3 is 6.03 Å². The van der Waals surface area contributed by atoms with E-state index in [9.17, 15) is 4.79 Å². The Hall–Kier alpha value is -3.35. The molecule has 4 N–H and O–H groups in total. The Morgan fingerprint density at radius 1 is 1.22 bits per heavy atom. The highest BCUT2D eigenvalue weighted by molar-refractivity contribution is 5.89. The third-order valence-electron chi connectivity index (χ3n) is 4.88. The van der Waals surface area contributed by atoms with Gasteiger partial charge in [0.15, 0.2) is 0 Å². The fraction of sp³-hybridized carbons (Fsp3) is 0.250. The molecule has 4 rings (SSSR count). The van der Waals surface area contributed by atoms with Gasteiger partial charge in [-0.3, -0.25) is 5.10 Å². The maximum atomic E-state index is 12.9. The SMILES string of the molecule is Nc1cc(-c2cn[nH]c2[C@@H]2CCCCN2C(=O)Nc2ccccc2)ccn1. The number of nitrogens with zero attached hydrogens (tertiary/aromatic N) is 3. The summed E-state index contributed by atoms with van der Waals surface area (Å²) in [7, 11) is 0. The number of anilines is 2. The van der Waals surface area contributed by atoms with Gasteiger partial charge < -0.3 is 16.0 Å². The molecule has 0 bridgehead atoms. The number of amides is 2. The van der Waals surface area contributed by atoms with Crippen LogP contribution in [0.5, 0.6) is 0 Å². The van der Waals surface area contributed by atoms with Crippen molar-refractivity contribution in [2.75, 3.05) is 17.6 Å². The first-order valence-electron chi connectivity index (χ1n) is 9.10. The van der Waals surface area contributed by atoms with Crippen molar-refractivity contribution in [2.45, 2.75) is 25.3 Å². The minimum atomic E-state index is -0.0966. The molecule has 0 aliphatic carbocycles. The molecule has 3 heterocycles. The molecular weight excluding hydrogens is 340 g/mol. The topological polar surface area (TPSA) is 99.9 Å². The van der Waals surface area contributed by atoms with Gasteiger partial charge in [-0.05, 0) is 49.1 Å². The first-order valence-corrected chi connectivity index (χ1v) is 9.10. The smallest absolute Gasteiger partial charge is 0.322 e. The van der Waals surface area contributed by atoms with Gasteiger partial charge in [-0.2, -0.15) is 5.10 Å². The number of hydrogen-bond donors (Lipinski definition) is 3. The number of nitrogens with two attached hydrogens (primary N) is 1. The quantitative estimate of drug-likeness (QED) is 0.659. The van der Waals surface area contributed by atoms with E-state index in [1.807, 2.05) is 47.4 Å². The predicted octanol–water partition coefficient (Wildman–Crippen LogP) is 3.81. The van der Waals surface area contributed by atoms with Gasteiger partial charge in [0.2, 0.25) is 0 Å². The summed E-state index contributed by atoms with van der Waals surface area (Å²) in [6, 6.07) is 13.1. The zero-order valence-corrected chi connectivity index (χ0v) is 14.9. The molecule has 0 saturated carbocycles. The summed E-state index contributed by atoms with van der Waals surface area (Å²) in [5.41, 5.74) is 9.46. The minimum absolute atomic E-state index is 0.0608. The number of carbonyl (C=O) groups excluding carboxylic acids is 1. The van der Waals surface area contributed by atoms with Crippen LogP contribution in [-0.2, 0) is 0 Å². The number of pyridine rings is 1. The van der Waals surface area contributed by atoms with E-state index in [2.05, 4.69) is 20.5 Å². The average molecular weight is 362 g/mol. The second-order valence-corrected chi connectivity index (χ2v) is 6.67. The van der Waals surface area contributed by atoms with Crippen molar-refractivity contribution < 1.29 is 4.79 Å². The number of piperidine rings is 1. The summed E-state index contributed by atoms with van der Waals surface area (Å²) >= 11 is 0. The molecule has 0 spiro atoms. The van der Waals surface area contributed by atoms with Crippen LogP contribution in [0.15, 0.2) is 54.9 Å². The van der Waals surface area contributed by atoms with Crippen molar-refractivity contribution in [1.29, 1.82) is 0 Å². The lowest BCUT2D eigenvalue weighted by molar-refractivity contribution is 0.162. The van der Waals surface area contributed by atoms with E-state index in [4.69, 9.17) is 5.73 Å². The van der Waals surface area contributed by atoms with Crippen LogP contribution in [0.4, 0.5) is 16.3 Å². The van der Waals surface area contributed by atoms with Crippen LogP contribution in [0.2, 0.25) is 0 Å². The van der Waals surface area contributed by atoms with Crippen molar-refractivity contribution >= 4 is 17.5 Å². The second kappa shape index (κ2) is 7.49. The van der Waals surface area contributed by atoms with Crippen LogP contribution in [0.1, 0.15) is 31.0 Å². The molecule has 0 radical (unpaired) electrons. The highest BCUT2D eigenvalue weighted by atomic mass is 16.2. The van der Waals surface area contributed by atoms with E-state index in [0.29, 0.717) is 12.4 Å². The maximum absolute atomic E-state index is 12.9. The Morgan fingerprint density at radius 2 is 2.07 bits per heavy atom. The van der Waals surface area contributed by atoms with Crippen molar-refractivity contribution in [3.8, 4) is 11.1 Å². The van der Waals surface area contributed by atoms with Crippen molar-refractivity contribution in [1.82, 2.24) is 20.1 Å². The summed E-state index contributed by atoms with van der Waals surface area (Å²) in [4.78, 5) is 18.9. The maximum Gasteiger partial charge on any atom is 0.322 e. The number of aromatic amines is 1. The molecule has 7 heteroatoms. The third-order valence-corrected chi connectivity index (χ3v) is 4.88. The van der Waals surface area contributed by atoms with Crippen LogP contribution in [0.25, 0.3) is 11.1 Å². The fourth-order valence-electron chi connectivity index (χ4n) is 3.59. The molecule has 1 atom stereocenters. The van der Waals surface area contributed by atoms with Crippen LogP contribution >= 0.6 is 0 Å². The van der Waals surface area contributed by atoms with Crippen LogP contribution in [0, 0.1) is 0 Å². The number of hydrogen-bond acceptors (Lipinski definition) is 4. The highest BCUT2D eigenvalue weighted by Gasteiger charge is 2.31. The standard InChI is InChI=1S/C20H22N6O/c21-18-12-14(9-10-22-18)16-13-23-25-19(16)17-8-4-5-11-26(17)20(27)24-15-6-2-1-3-7-15/h1-3,6-7,9-10,12-13,17H,4-5,8,11H2,(H2,21,22)(H,23,25)(H,24,27)/t17-/m0/s1. The van der Waals surface area contributed by atoms with E-state index < -0.39 is 0 Å². The molecule has 2 aromatic heterocycles. The molecule has 1 aromatic carbocycles. The monoisotopic (exact) mass is 362 g/mol. The van der Waals surface area contributed by atoms with Gasteiger partial charge in [-0.15, -0.1) is 0 Å². The number of nitrogen functional groups attached to an aromatic ring is 1. The van der Waals surface area contributed by atoms with E-state index >= 15 is 0 Å². The number of nitrogens with one attached hydrogen (secondary N) is 2. The largest absolute Gasteiger partial charge is 0.384 e. The average Bonchev–Trinajstić information content (AvgIpc) is 3.18. The molecule has 138 valence electrons. The van der Waals surface area contributed by atoms with E-state index in [0.717, 1.165) is 41.8 Å². The zero-order chi connectivity index (χ0) is 18.6. The zero-order valence-electron chi connectivity index (χ0n) is 14.9. The first-order chi connectivity index (χ1) is 13.2. The molecule has 1 aliphatic heterocycles. The molecule has 3 aromatic rings. The van der Waals surface area contributed by atoms with Gasteiger partial charge in [-0.25, -0.2) is 9.78 Å². The molecule has 1 aliphatic rings. The second-order valence-electron chi connectivity index (χ2n) is 6.67. The Kier molecular flexibility index (Phi) is 4.74. The molecule has 7 nitrogen and oxygen atoms in total. The van der Waals surface area contributed by atoms with Gasteiger partial charge in [0, 0.05) is 24.0 Å². The Labute approximate surface area is 157 Å². The fourth-order valence-corrected chi connectivity index (χ4v) is 3.59. The highest BCUT2D eigenvalue weighted by Crippen LogP contribution is 2.36. The third kappa shape index (κ3) is 3.62. The summed E-state index contributed by atoms with van der Waals surface area (Å²) in [5.74, 6) is 0.460. The summed E-state index contributed by atoms with van der Waals surface area (Å²) < 4.78 is 0. The van der Waals surface area contributed by atoms with Crippen molar-refractivity contribution in [3.05, 3.63) is 60.6 Å². The normalized spacial score (nSPS) is 16.9. The van der Waals surface area contributed by atoms with Gasteiger partial charge in [0.05, 0.1) is 17.9 Å². The number of H-pyrrole nitrogens is 1. The van der Waals surface area contributed by atoms with Gasteiger partial charge in [0.1, 0.15) is 5.82 Å². The van der Waals surface area contributed by atoms with Crippen molar-refractivity contribution in [2.24, 2.45) is 0 Å². The van der Waals surface area contributed by atoms with Crippen LogP contribution in [0.3, 0.4) is 0 Å². The van der Waals surface area contributed by atoms with Crippen LogP contribution < -0.4 is 11.1 Å². The Morgan fingerprint density at radius 3 is 2.89 bits per heavy atom. The summed E-state index contributed by atoms with van der Waals surface area (Å²) in [6.45, 7) is 0.709. The molecule has 1 saturated heterocycles. The van der Waals surface area contributed by atoms with Gasteiger partial charge in [0.25, 0.3) is 0 Å². The molecule has 1 fully saturated rings. The minimum Gasteiger partial charge on any atom is -0.384 e. The van der Waals surface area contributed by atoms with E-state index in [1.165, 1.54) is 0 Å². The molecule has 2 amide bonds. The molecule has 27 heavy (non-hydrogen) atoms. The molecular formula is C20H22N6O. The summed E-state index contributed by atoms with van der Waals surface area (Å²) in [6.07, 6.45) is 6.41. The Balaban J connectivity index is 1.62. The lowest BCUT2D eigenvalue weighted by Gasteiger charge is -2.35. The van der Waals surface area contributed by atoms with Crippen LogP contribution in [-0.4, -0.2) is 32.7 Å². The van der Waals surface area contributed by atoms with E-state index in [1.54, 1.807) is 12.4 Å². The number of para-hydroxylation sites is 1. The number of likely N-dealkylation sites (tertiary alicyclic amines) is 1. The number of aromatic nitrogens is 3. The predicted molar refractivity (Wildman–Crippen MR) is 105 cm³/mol. The number of urea groups is 1. The lowest BCUT2D eigenvalue weighted by Crippen LogP contribution is -2.41. The Bertz CT molecular complexity index is 923. The first kappa shape index (κ1) is 17.1. The molecule has 0 unspecified atom stereocenters. The number of rotatable bonds is 3. The number of benzene rings is 1. The van der Waals surface area contributed by atoms with Crippen molar-refractivity contribution in [3.63, 3.8) is 0 Å². The lowest BCUT2D eigenvalue weighted by atomic mass is 9.95. The summed E-state index contributed by atoms with van der Waals surface area (Å²) in [5, 5.41) is 10.3. The van der Waals surface area contributed by atoms with Gasteiger partial charge in [-0.1, -0.05) is 18.2 Å².